The topological polar surface area (TPSA) is 81.7 Å². The fourth-order valence-corrected chi connectivity index (χ4v) is 5.47. The first kappa shape index (κ1) is 25.2. The van der Waals surface area contributed by atoms with Gasteiger partial charge in [-0.15, -0.1) is 5.10 Å². The number of imidazole rings is 1. The minimum Gasteiger partial charge on any atom is -0.383 e. The minimum absolute atomic E-state index is 0.300. The van der Waals surface area contributed by atoms with Crippen LogP contribution in [0, 0.1) is 23.0 Å². The monoisotopic (exact) mass is 529 g/mol. The largest absolute Gasteiger partial charge is 0.383 e. The molecule has 0 spiro atoms. The Labute approximate surface area is 225 Å². The van der Waals surface area contributed by atoms with Crippen LogP contribution in [0.15, 0.2) is 54.7 Å². The lowest BCUT2D eigenvalue weighted by Crippen LogP contribution is -2.39. The summed E-state index contributed by atoms with van der Waals surface area (Å²) < 4.78 is 35.7. The lowest BCUT2D eigenvalue weighted by Gasteiger charge is -2.26. The van der Waals surface area contributed by atoms with Crippen LogP contribution in [-0.2, 0) is 4.74 Å². The zero-order valence-electron chi connectivity index (χ0n) is 21.5. The van der Waals surface area contributed by atoms with Crippen molar-refractivity contribution in [3.8, 4) is 17.3 Å². The standard InChI is InChI=1S/C29H29F2N7O/c30-22-4-5-24(31)23(17-22)26-2-1-10-37(26)29-8-7-28-34-19-27(38(28)35-29)20-3-6-25(21(16-20)18-32)33-9-11-36-12-14-39-15-13-36/h3-8,16-17,19,26,33H,1-2,9-15H2. The lowest BCUT2D eigenvalue weighted by atomic mass is 10.0. The number of benzene rings is 2. The number of ether oxygens (including phenoxy) is 1. The molecule has 39 heavy (non-hydrogen) atoms. The number of fused-ring (bicyclic) bond motifs is 1. The van der Waals surface area contributed by atoms with Crippen LogP contribution in [0.2, 0.25) is 0 Å². The Bertz CT molecular complexity index is 1530. The summed E-state index contributed by atoms with van der Waals surface area (Å²) in [6.45, 7) is 5.66. The third-order valence-corrected chi connectivity index (χ3v) is 7.50. The van der Waals surface area contributed by atoms with Gasteiger partial charge in [0.05, 0.1) is 42.4 Å². The second kappa shape index (κ2) is 11.0. The van der Waals surface area contributed by atoms with Crippen LogP contribution in [0.3, 0.4) is 0 Å². The van der Waals surface area contributed by atoms with Gasteiger partial charge in [0.15, 0.2) is 5.65 Å². The van der Waals surface area contributed by atoms with Crippen LogP contribution in [0.1, 0.15) is 30.0 Å². The Morgan fingerprint density at radius 3 is 2.77 bits per heavy atom. The highest BCUT2D eigenvalue weighted by Gasteiger charge is 2.30. The van der Waals surface area contributed by atoms with E-state index in [9.17, 15) is 14.0 Å². The summed E-state index contributed by atoms with van der Waals surface area (Å²) in [6, 6.07) is 15.1. The molecule has 2 aliphatic rings. The molecule has 0 aliphatic carbocycles. The van der Waals surface area contributed by atoms with Crippen molar-refractivity contribution >= 4 is 17.2 Å². The smallest absolute Gasteiger partial charge is 0.154 e. The van der Waals surface area contributed by atoms with Crippen LogP contribution >= 0.6 is 0 Å². The molecule has 1 N–H and O–H groups in total. The van der Waals surface area contributed by atoms with E-state index in [1.54, 1.807) is 10.7 Å². The van der Waals surface area contributed by atoms with Crippen molar-refractivity contribution < 1.29 is 13.5 Å². The molecular weight excluding hydrogens is 500 g/mol. The van der Waals surface area contributed by atoms with Gasteiger partial charge in [0.2, 0.25) is 0 Å². The summed E-state index contributed by atoms with van der Waals surface area (Å²) in [5, 5.41) is 18.1. The number of anilines is 2. The second-order valence-electron chi connectivity index (χ2n) is 9.88. The van der Waals surface area contributed by atoms with Crippen molar-refractivity contribution in [2.75, 3.05) is 56.2 Å². The maximum absolute atomic E-state index is 14.6. The minimum atomic E-state index is -0.453. The highest BCUT2D eigenvalue weighted by atomic mass is 19.1. The highest BCUT2D eigenvalue weighted by molar-refractivity contribution is 5.70. The highest BCUT2D eigenvalue weighted by Crippen LogP contribution is 2.37. The molecule has 1 unspecified atom stereocenters. The third-order valence-electron chi connectivity index (χ3n) is 7.50. The summed E-state index contributed by atoms with van der Waals surface area (Å²) in [7, 11) is 0. The van der Waals surface area contributed by atoms with Gasteiger partial charge in [-0.25, -0.2) is 18.3 Å². The first-order valence-electron chi connectivity index (χ1n) is 13.3. The maximum atomic E-state index is 14.6. The van der Waals surface area contributed by atoms with Gasteiger partial charge in [0.1, 0.15) is 23.5 Å². The zero-order chi connectivity index (χ0) is 26.8. The molecule has 2 fully saturated rings. The molecule has 200 valence electrons. The van der Waals surface area contributed by atoms with Crippen LogP contribution < -0.4 is 10.2 Å². The van der Waals surface area contributed by atoms with Crippen molar-refractivity contribution in [1.82, 2.24) is 19.5 Å². The molecule has 0 amide bonds. The molecule has 6 rings (SSSR count). The molecule has 0 radical (unpaired) electrons. The van der Waals surface area contributed by atoms with Gasteiger partial charge in [-0.2, -0.15) is 5.26 Å². The van der Waals surface area contributed by atoms with E-state index in [4.69, 9.17) is 9.84 Å². The number of rotatable bonds is 7. The van der Waals surface area contributed by atoms with Crippen molar-refractivity contribution in [2.24, 2.45) is 0 Å². The van der Waals surface area contributed by atoms with Crippen LogP contribution in [0.4, 0.5) is 20.3 Å². The van der Waals surface area contributed by atoms with Crippen molar-refractivity contribution in [2.45, 2.75) is 18.9 Å². The molecule has 4 aromatic rings. The molecule has 1 atom stereocenters. The van der Waals surface area contributed by atoms with E-state index in [1.165, 1.54) is 12.1 Å². The molecule has 2 saturated heterocycles. The van der Waals surface area contributed by atoms with Crippen LogP contribution in [0.25, 0.3) is 16.9 Å². The normalized spacial score (nSPS) is 18.0. The van der Waals surface area contributed by atoms with E-state index in [2.05, 4.69) is 21.3 Å². The molecule has 10 heteroatoms. The summed E-state index contributed by atoms with van der Waals surface area (Å²) in [4.78, 5) is 8.86. The fourth-order valence-electron chi connectivity index (χ4n) is 5.47. The van der Waals surface area contributed by atoms with Gasteiger partial charge in [-0.1, -0.05) is 6.07 Å². The number of hydrogen-bond donors (Lipinski definition) is 1. The summed E-state index contributed by atoms with van der Waals surface area (Å²) in [6.07, 6.45) is 3.30. The molecule has 8 nitrogen and oxygen atoms in total. The number of morpholine rings is 1. The van der Waals surface area contributed by atoms with Gasteiger partial charge in [0, 0.05) is 43.9 Å². The van der Waals surface area contributed by atoms with E-state index in [0.717, 1.165) is 68.8 Å². The predicted octanol–water partition coefficient (Wildman–Crippen LogP) is 4.63. The Morgan fingerprint density at radius 2 is 1.92 bits per heavy atom. The Kier molecular flexibility index (Phi) is 7.09. The summed E-state index contributed by atoms with van der Waals surface area (Å²) >= 11 is 0. The van der Waals surface area contributed by atoms with Crippen molar-refractivity contribution in [3.63, 3.8) is 0 Å². The van der Waals surface area contributed by atoms with Crippen LogP contribution in [0.5, 0.6) is 0 Å². The zero-order valence-corrected chi connectivity index (χ0v) is 21.5. The van der Waals surface area contributed by atoms with Crippen LogP contribution in [-0.4, -0.2) is 65.4 Å². The number of aromatic nitrogens is 3. The molecule has 0 bridgehead atoms. The van der Waals surface area contributed by atoms with E-state index in [0.29, 0.717) is 35.6 Å². The Morgan fingerprint density at radius 1 is 1.05 bits per heavy atom. The SMILES string of the molecule is N#Cc1cc(-c2cnc3ccc(N4CCCC4c4cc(F)ccc4F)nn23)ccc1NCCN1CCOCC1. The molecule has 4 heterocycles. The van der Waals surface area contributed by atoms with Gasteiger partial charge in [-0.05, 0) is 55.3 Å². The predicted molar refractivity (Wildman–Crippen MR) is 145 cm³/mol. The van der Waals surface area contributed by atoms with E-state index >= 15 is 0 Å². The second-order valence-corrected chi connectivity index (χ2v) is 9.88. The number of nitrogens with zero attached hydrogens (tertiary/aromatic N) is 6. The number of halogens is 2. The van der Waals surface area contributed by atoms with E-state index in [-0.39, 0.29) is 6.04 Å². The average Bonchev–Trinajstić information content (AvgIpc) is 3.62. The quantitative estimate of drug-likeness (QED) is 0.374. The molecule has 2 aromatic carbocycles. The first-order valence-corrected chi connectivity index (χ1v) is 13.3. The molecule has 2 aliphatic heterocycles. The summed E-state index contributed by atoms with van der Waals surface area (Å²) in [5.41, 5.74) is 3.89. The average molecular weight is 530 g/mol. The fraction of sp³-hybridized carbons (Fsp3) is 0.345. The Hall–Kier alpha value is -4.07. The molecular formula is C29H29F2N7O. The maximum Gasteiger partial charge on any atom is 0.154 e. The molecule has 0 saturated carbocycles. The van der Waals surface area contributed by atoms with Gasteiger partial charge < -0.3 is 15.0 Å². The molecule has 2 aromatic heterocycles. The van der Waals surface area contributed by atoms with E-state index in [1.807, 2.05) is 35.2 Å². The number of hydrogen-bond acceptors (Lipinski definition) is 7. The van der Waals surface area contributed by atoms with E-state index < -0.39 is 11.6 Å². The van der Waals surface area contributed by atoms with Gasteiger partial charge in [-0.3, -0.25) is 4.90 Å². The van der Waals surface area contributed by atoms with Gasteiger partial charge >= 0.3 is 0 Å². The van der Waals surface area contributed by atoms with Crippen molar-refractivity contribution in [3.05, 3.63) is 77.5 Å². The first-order chi connectivity index (χ1) is 19.1. The summed E-state index contributed by atoms with van der Waals surface area (Å²) in [5.74, 6) is -0.207. The number of nitrogens with one attached hydrogen (secondary N) is 1. The number of nitriles is 1. The van der Waals surface area contributed by atoms with Crippen molar-refractivity contribution in [1.29, 1.82) is 5.26 Å². The third kappa shape index (κ3) is 5.15. The Balaban J connectivity index is 1.25. The van der Waals surface area contributed by atoms with Gasteiger partial charge in [0.25, 0.3) is 0 Å². The lowest BCUT2D eigenvalue weighted by molar-refractivity contribution is 0.0398.